The zero-order valence-electron chi connectivity index (χ0n) is 27.5. The number of nitrogens with zero attached hydrogens (tertiary/aromatic N) is 3. The van der Waals surface area contributed by atoms with Crippen LogP contribution in [0.5, 0.6) is 11.5 Å². The molecule has 2 N–H and O–H groups in total. The lowest BCUT2D eigenvalue weighted by atomic mass is 9.76. The summed E-state index contributed by atoms with van der Waals surface area (Å²) in [4.78, 5) is 59.3. The number of aryl methyl sites for hydroxylation is 1. The van der Waals surface area contributed by atoms with Gasteiger partial charge in [0.05, 0.1) is 31.2 Å². The monoisotopic (exact) mass is 647 g/mol. The van der Waals surface area contributed by atoms with Crippen molar-refractivity contribution in [3.8, 4) is 11.5 Å². The van der Waals surface area contributed by atoms with E-state index in [4.69, 9.17) is 14.2 Å². The molecule has 0 radical (unpaired) electrons. The third kappa shape index (κ3) is 8.60. The fourth-order valence-electron chi connectivity index (χ4n) is 6.20. The number of carbonyl (C=O) groups excluding carboxylic acids is 4. The summed E-state index contributed by atoms with van der Waals surface area (Å²) in [5.41, 5.74) is 2.38. The van der Waals surface area contributed by atoms with Gasteiger partial charge in [-0.2, -0.15) is 0 Å². The third-order valence-electron chi connectivity index (χ3n) is 8.87. The number of esters is 1. The van der Waals surface area contributed by atoms with Gasteiger partial charge in [-0.3, -0.25) is 19.2 Å². The Bertz CT molecular complexity index is 1600. The highest BCUT2D eigenvalue weighted by atomic mass is 16.5. The Morgan fingerprint density at radius 3 is 2.72 bits per heavy atom. The van der Waals surface area contributed by atoms with Crippen molar-refractivity contribution < 1.29 is 33.4 Å². The second kappa shape index (κ2) is 15.3. The quantitative estimate of drug-likeness (QED) is 0.373. The summed E-state index contributed by atoms with van der Waals surface area (Å²) in [6.07, 6.45) is 7.25. The number of methoxy groups -OCH3 is 1. The van der Waals surface area contributed by atoms with Gasteiger partial charge in [-0.05, 0) is 68.4 Å². The Hall–Kier alpha value is -4.61. The van der Waals surface area contributed by atoms with Gasteiger partial charge in [0.2, 0.25) is 11.8 Å². The van der Waals surface area contributed by atoms with Crippen LogP contribution in [0.25, 0.3) is 5.65 Å². The van der Waals surface area contributed by atoms with Crippen molar-refractivity contribution in [3.63, 3.8) is 0 Å². The number of imidazole rings is 1. The highest BCUT2D eigenvalue weighted by Gasteiger charge is 2.44. The Kier molecular flexibility index (Phi) is 11.0. The van der Waals surface area contributed by atoms with Crippen LogP contribution >= 0.6 is 0 Å². The molecule has 1 unspecified atom stereocenters. The fourth-order valence-corrected chi connectivity index (χ4v) is 6.20. The average molecular weight is 648 g/mol. The molecule has 1 saturated carbocycles. The maximum absolute atomic E-state index is 13.6. The summed E-state index contributed by atoms with van der Waals surface area (Å²) >= 11 is 0. The van der Waals surface area contributed by atoms with Gasteiger partial charge in [-0.25, -0.2) is 4.98 Å². The molecule has 5 rings (SSSR count). The third-order valence-corrected chi connectivity index (χ3v) is 8.87. The zero-order chi connectivity index (χ0) is 33.4. The van der Waals surface area contributed by atoms with E-state index >= 15 is 0 Å². The number of hydrogen-bond donors (Lipinski definition) is 2. The zero-order valence-corrected chi connectivity index (χ0v) is 27.5. The van der Waals surface area contributed by atoms with Gasteiger partial charge in [0, 0.05) is 45.0 Å². The molecule has 12 heteroatoms. The van der Waals surface area contributed by atoms with Crippen molar-refractivity contribution >= 4 is 29.3 Å². The predicted molar refractivity (Wildman–Crippen MR) is 174 cm³/mol. The topological polar surface area (TPSA) is 141 Å². The van der Waals surface area contributed by atoms with Crippen molar-refractivity contribution in [2.45, 2.75) is 58.8 Å². The summed E-state index contributed by atoms with van der Waals surface area (Å²) in [6.45, 7) is 4.64. The number of aromatic nitrogens is 2. The Labute approximate surface area is 275 Å². The van der Waals surface area contributed by atoms with Crippen LogP contribution in [0.2, 0.25) is 0 Å². The van der Waals surface area contributed by atoms with Gasteiger partial charge in [0.15, 0.2) is 18.1 Å². The minimum atomic E-state index is -0.976. The lowest BCUT2D eigenvalue weighted by Crippen LogP contribution is -2.46. The van der Waals surface area contributed by atoms with E-state index < -0.39 is 5.41 Å². The maximum Gasteiger partial charge on any atom is 0.314 e. The first-order valence-corrected chi connectivity index (χ1v) is 16.4. The number of benzene rings is 1. The largest absolute Gasteiger partial charge is 0.493 e. The number of nitrogens with one attached hydrogen (secondary N) is 2. The average Bonchev–Trinajstić information content (AvgIpc) is 3.78. The second-order valence-electron chi connectivity index (χ2n) is 12.5. The van der Waals surface area contributed by atoms with E-state index in [2.05, 4.69) is 15.6 Å². The van der Waals surface area contributed by atoms with Crippen LogP contribution in [0.15, 0.2) is 42.7 Å². The molecule has 1 atom stereocenters. The Morgan fingerprint density at radius 1 is 1.13 bits per heavy atom. The van der Waals surface area contributed by atoms with Gasteiger partial charge in [0.25, 0.3) is 5.91 Å². The molecule has 3 heterocycles. The van der Waals surface area contributed by atoms with E-state index in [1.54, 1.807) is 30.2 Å². The minimum Gasteiger partial charge on any atom is -0.493 e. The van der Waals surface area contributed by atoms with Crippen molar-refractivity contribution in [3.05, 3.63) is 59.5 Å². The van der Waals surface area contributed by atoms with Crippen LogP contribution < -0.4 is 20.1 Å². The normalized spacial score (nSPS) is 19.9. The number of ether oxygens (including phenoxy) is 3. The summed E-state index contributed by atoms with van der Waals surface area (Å²) < 4.78 is 18.9. The van der Waals surface area contributed by atoms with Crippen molar-refractivity contribution in [1.29, 1.82) is 0 Å². The van der Waals surface area contributed by atoms with Crippen LogP contribution in [-0.2, 0) is 36.8 Å². The van der Waals surface area contributed by atoms with Crippen LogP contribution in [0.3, 0.4) is 0 Å². The van der Waals surface area contributed by atoms with E-state index in [1.165, 1.54) is 7.11 Å². The molecule has 0 spiro atoms. The van der Waals surface area contributed by atoms with Crippen LogP contribution in [0.1, 0.15) is 55.8 Å². The molecule has 47 heavy (non-hydrogen) atoms. The van der Waals surface area contributed by atoms with Gasteiger partial charge >= 0.3 is 5.97 Å². The molecule has 1 fully saturated rings. The van der Waals surface area contributed by atoms with Crippen molar-refractivity contribution in [2.75, 3.05) is 46.5 Å². The first-order chi connectivity index (χ1) is 22.7. The predicted octanol–water partition coefficient (Wildman–Crippen LogP) is 3.02. The highest BCUT2D eigenvalue weighted by Crippen LogP contribution is 2.43. The maximum atomic E-state index is 13.6. The number of amides is 3. The number of pyridine rings is 1. The lowest BCUT2D eigenvalue weighted by Gasteiger charge is -2.32. The number of fused-ring (bicyclic) bond motifs is 3. The molecule has 0 saturated heterocycles. The molecular weight excluding hydrogens is 602 g/mol. The van der Waals surface area contributed by atoms with Crippen LogP contribution in [-0.4, -0.2) is 84.5 Å². The van der Waals surface area contributed by atoms with Crippen molar-refractivity contribution in [2.24, 2.45) is 11.3 Å². The van der Waals surface area contributed by atoms with Gasteiger partial charge < -0.3 is 34.1 Å². The van der Waals surface area contributed by atoms with E-state index in [9.17, 15) is 19.2 Å². The van der Waals surface area contributed by atoms with Gasteiger partial charge in [-0.1, -0.05) is 25.0 Å². The second-order valence-corrected chi connectivity index (χ2v) is 12.5. The molecule has 2 bridgehead atoms. The van der Waals surface area contributed by atoms with Crippen molar-refractivity contribution in [1.82, 2.24) is 24.9 Å². The first kappa shape index (κ1) is 33.7. The molecule has 3 aromatic rings. The summed E-state index contributed by atoms with van der Waals surface area (Å²) in [5, 5.41) is 5.86. The summed E-state index contributed by atoms with van der Waals surface area (Å²) in [6, 6.07) is 9.28. The summed E-state index contributed by atoms with van der Waals surface area (Å²) in [5.74, 6) is 0.161. The highest BCUT2D eigenvalue weighted by molar-refractivity contribution is 5.81. The van der Waals surface area contributed by atoms with Gasteiger partial charge in [-0.15, -0.1) is 0 Å². The molecule has 252 valence electrons. The van der Waals surface area contributed by atoms with Crippen LogP contribution in [0.4, 0.5) is 0 Å². The number of hydrogen-bond acceptors (Lipinski definition) is 8. The molecule has 12 nitrogen and oxygen atoms in total. The van der Waals surface area contributed by atoms with E-state index in [0.29, 0.717) is 43.2 Å². The molecule has 1 aromatic carbocycles. The molecular formula is C35H45N5O7. The van der Waals surface area contributed by atoms with E-state index in [0.717, 1.165) is 35.3 Å². The fraction of sp³-hybridized carbons (Fsp3) is 0.514. The first-order valence-electron chi connectivity index (χ1n) is 16.4. The van der Waals surface area contributed by atoms with Gasteiger partial charge in [0.1, 0.15) is 5.65 Å². The molecule has 2 aromatic heterocycles. The summed E-state index contributed by atoms with van der Waals surface area (Å²) in [7, 11) is 1.52. The number of carbonyl (C=O) groups is 4. The smallest absolute Gasteiger partial charge is 0.314 e. The van der Waals surface area contributed by atoms with Crippen LogP contribution in [0, 0.1) is 18.3 Å². The SMILES string of the molecule is CCOC(=O)C1(CC2CC2)CNC(=O)CCCN(C(=O)Cc2cnc3c(C)cccn23)CCNC(=O)COc2cc(ccc2OC)C1. The van der Waals surface area contributed by atoms with E-state index in [1.807, 2.05) is 35.7 Å². The lowest BCUT2D eigenvalue weighted by molar-refractivity contribution is -0.156. The molecule has 3 amide bonds. The number of rotatable bonds is 7. The minimum absolute atomic E-state index is 0.118. The standard InChI is InChI=1S/C35H45N5O7/c1-4-46-34(44)35(19-25-9-10-25)20-26-11-12-28(45-3)29(17-26)47-22-31(42)36-13-16-39(14-6-8-30(41)38-23-35)32(43)18-27-21-37-33-24(2)7-5-15-40(27)33/h5,7,11-12,15,17,21,25H,4,6,8-10,13-14,16,18-20,22-23H2,1-3H3,(H,36,42)(H,38,41). The Balaban J connectivity index is 1.37. The molecule has 1 aliphatic carbocycles. The molecule has 2 aliphatic rings. The van der Waals surface area contributed by atoms with E-state index in [-0.39, 0.29) is 69.4 Å². The Morgan fingerprint density at radius 2 is 1.96 bits per heavy atom. The molecule has 1 aliphatic heterocycles.